The number of ether oxygens (including phenoxy) is 1. The first-order valence-electron chi connectivity index (χ1n) is 9.57. The van der Waals surface area contributed by atoms with Gasteiger partial charge in [-0.3, -0.25) is 4.79 Å². The standard InChI is InChI=1S/C25H21NO4/c1-16-3-6-20(25(28)29)14-23(16)18-7-10-22-19(13-18)11-12-26(24(22)27)15-17-4-8-21(30-2)9-5-17/h3-14H,15H2,1-2H3,(H,28,29). The molecule has 0 saturated heterocycles. The second-order valence-electron chi connectivity index (χ2n) is 7.23. The van der Waals surface area contributed by atoms with Gasteiger partial charge in [0.2, 0.25) is 0 Å². The number of hydrogen-bond donors (Lipinski definition) is 1. The van der Waals surface area contributed by atoms with Crippen LogP contribution in [0.15, 0.2) is 77.7 Å². The first kappa shape index (κ1) is 19.5. The molecule has 4 rings (SSSR count). The first-order chi connectivity index (χ1) is 14.5. The predicted molar refractivity (Wildman–Crippen MR) is 117 cm³/mol. The fourth-order valence-corrected chi connectivity index (χ4v) is 3.57. The molecule has 5 nitrogen and oxygen atoms in total. The van der Waals surface area contributed by atoms with Crippen LogP contribution in [0.3, 0.4) is 0 Å². The van der Waals surface area contributed by atoms with E-state index in [9.17, 15) is 14.7 Å². The van der Waals surface area contributed by atoms with Crippen LogP contribution >= 0.6 is 0 Å². The van der Waals surface area contributed by atoms with Crippen LogP contribution in [0.25, 0.3) is 21.9 Å². The Hall–Kier alpha value is -3.86. The second kappa shape index (κ2) is 7.87. The van der Waals surface area contributed by atoms with Crippen LogP contribution in [-0.4, -0.2) is 22.8 Å². The summed E-state index contributed by atoms with van der Waals surface area (Å²) in [6.45, 7) is 2.41. The Bertz CT molecular complexity index is 1300. The molecule has 30 heavy (non-hydrogen) atoms. The zero-order valence-corrected chi connectivity index (χ0v) is 16.8. The van der Waals surface area contributed by atoms with Gasteiger partial charge in [-0.2, -0.15) is 0 Å². The van der Waals surface area contributed by atoms with Gasteiger partial charge in [-0.05, 0) is 77.0 Å². The molecule has 0 atom stereocenters. The van der Waals surface area contributed by atoms with Gasteiger partial charge in [-0.25, -0.2) is 4.79 Å². The Balaban J connectivity index is 1.72. The van der Waals surface area contributed by atoms with Gasteiger partial charge < -0.3 is 14.4 Å². The molecule has 3 aromatic carbocycles. The van der Waals surface area contributed by atoms with Crippen LogP contribution < -0.4 is 10.3 Å². The molecular formula is C25H21NO4. The van der Waals surface area contributed by atoms with E-state index in [1.807, 2.05) is 55.5 Å². The predicted octanol–water partition coefficient (Wildman–Crippen LogP) is 4.73. The molecule has 0 fully saturated rings. The van der Waals surface area contributed by atoms with E-state index in [2.05, 4.69) is 0 Å². The number of pyridine rings is 1. The number of aromatic nitrogens is 1. The average Bonchev–Trinajstić information content (AvgIpc) is 2.76. The van der Waals surface area contributed by atoms with Crippen molar-refractivity contribution in [3.8, 4) is 16.9 Å². The van der Waals surface area contributed by atoms with Crippen molar-refractivity contribution in [2.45, 2.75) is 13.5 Å². The van der Waals surface area contributed by atoms with Crippen molar-refractivity contribution in [1.29, 1.82) is 0 Å². The van der Waals surface area contributed by atoms with E-state index < -0.39 is 5.97 Å². The topological polar surface area (TPSA) is 68.5 Å². The number of fused-ring (bicyclic) bond motifs is 1. The van der Waals surface area contributed by atoms with Gasteiger partial charge in [0.1, 0.15) is 5.75 Å². The van der Waals surface area contributed by atoms with Crippen molar-refractivity contribution in [3.63, 3.8) is 0 Å². The lowest BCUT2D eigenvalue weighted by molar-refractivity contribution is 0.0697. The monoisotopic (exact) mass is 399 g/mol. The molecule has 0 bridgehead atoms. The van der Waals surface area contributed by atoms with Crippen LogP contribution in [0.2, 0.25) is 0 Å². The molecule has 0 aliphatic carbocycles. The fourth-order valence-electron chi connectivity index (χ4n) is 3.57. The highest BCUT2D eigenvalue weighted by molar-refractivity contribution is 5.91. The first-order valence-corrected chi connectivity index (χ1v) is 9.57. The summed E-state index contributed by atoms with van der Waals surface area (Å²) in [5.74, 6) is -0.183. The van der Waals surface area contributed by atoms with E-state index in [0.29, 0.717) is 11.9 Å². The summed E-state index contributed by atoms with van der Waals surface area (Å²) in [6.07, 6.45) is 1.79. The number of carbonyl (C=O) groups is 1. The summed E-state index contributed by atoms with van der Waals surface area (Å²) in [6, 6.07) is 20.2. The van der Waals surface area contributed by atoms with Crippen molar-refractivity contribution in [2.24, 2.45) is 0 Å². The van der Waals surface area contributed by atoms with E-state index in [1.165, 1.54) is 0 Å². The minimum absolute atomic E-state index is 0.0640. The summed E-state index contributed by atoms with van der Waals surface area (Å²) in [5, 5.41) is 10.7. The van der Waals surface area contributed by atoms with E-state index >= 15 is 0 Å². The number of benzene rings is 3. The van der Waals surface area contributed by atoms with E-state index in [-0.39, 0.29) is 11.1 Å². The molecular weight excluding hydrogens is 378 g/mol. The molecule has 4 aromatic rings. The van der Waals surface area contributed by atoms with Crippen molar-refractivity contribution >= 4 is 16.7 Å². The number of rotatable bonds is 5. The Morgan fingerprint density at radius 2 is 1.77 bits per heavy atom. The Morgan fingerprint density at radius 3 is 2.47 bits per heavy atom. The van der Waals surface area contributed by atoms with Crippen molar-refractivity contribution in [3.05, 3.63) is 100.0 Å². The van der Waals surface area contributed by atoms with Gasteiger partial charge in [-0.1, -0.05) is 24.3 Å². The molecule has 0 aliphatic rings. The lowest BCUT2D eigenvalue weighted by atomic mass is 9.96. The zero-order chi connectivity index (χ0) is 21.3. The Kier molecular flexibility index (Phi) is 5.11. The lowest BCUT2D eigenvalue weighted by Gasteiger charge is -2.11. The van der Waals surface area contributed by atoms with Crippen LogP contribution in [-0.2, 0) is 6.54 Å². The van der Waals surface area contributed by atoms with E-state index in [1.54, 1.807) is 36.1 Å². The molecule has 1 N–H and O–H groups in total. The van der Waals surface area contributed by atoms with Gasteiger partial charge >= 0.3 is 5.97 Å². The van der Waals surface area contributed by atoms with Gasteiger partial charge in [0, 0.05) is 11.6 Å². The number of methoxy groups -OCH3 is 1. The third-order valence-corrected chi connectivity index (χ3v) is 5.28. The number of aryl methyl sites for hydroxylation is 1. The number of nitrogens with zero attached hydrogens (tertiary/aromatic N) is 1. The summed E-state index contributed by atoms with van der Waals surface area (Å²) in [7, 11) is 1.62. The SMILES string of the molecule is COc1ccc(Cn2ccc3cc(-c4cc(C(=O)O)ccc4C)ccc3c2=O)cc1. The maximum Gasteiger partial charge on any atom is 0.335 e. The minimum Gasteiger partial charge on any atom is -0.497 e. The molecule has 0 aliphatic heterocycles. The molecule has 0 spiro atoms. The smallest absolute Gasteiger partial charge is 0.335 e. The molecule has 1 aromatic heterocycles. The third kappa shape index (κ3) is 3.70. The maximum atomic E-state index is 13.0. The van der Waals surface area contributed by atoms with Crippen molar-refractivity contribution in [2.75, 3.05) is 7.11 Å². The molecule has 0 amide bonds. The van der Waals surface area contributed by atoms with Crippen molar-refractivity contribution < 1.29 is 14.6 Å². The number of carboxylic acid groups (broad SMARTS) is 1. The van der Waals surface area contributed by atoms with Crippen LogP contribution in [0.4, 0.5) is 0 Å². The summed E-state index contributed by atoms with van der Waals surface area (Å²) in [4.78, 5) is 24.3. The normalized spacial score (nSPS) is 10.9. The summed E-state index contributed by atoms with van der Waals surface area (Å²) >= 11 is 0. The summed E-state index contributed by atoms with van der Waals surface area (Å²) in [5.41, 5.74) is 3.90. The largest absolute Gasteiger partial charge is 0.497 e. The molecule has 5 heteroatoms. The van der Waals surface area contributed by atoms with Gasteiger partial charge in [-0.15, -0.1) is 0 Å². The summed E-state index contributed by atoms with van der Waals surface area (Å²) < 4.78 is 6.86. The Morgan fingerprint density at radius 1 is 1.00 bits per heavy atom. The van der Waals surface area contributed by atoms with Crippen molar-refractivity contribution in [1.82, 2.24) is 4.57 Å². The van der Waals surface area contributed by atoms with E-state index in [0.717, 1.165) is 33.4 Å². The molecule has 0 radical (unpaired) electrons. The molecule has 0 unspecified atom stereocenters. The van der Waals surface area contributed by atoms with Crippen LogP contribution in [0, 0.1) is 6.92 Å². The molecule has 150 valence electrons. The number of carboxylic acids is 1. The fraction of sp³-hybridized carbons (Fsp3) is 0.120. The van der Waals surface area contributed by atoms with Gasteiger partial charge in [0.25, 0.3) is 5.56 Å². The molecule has 0 saturated carbocycles. The lowest BCUT2D eigenvalue weighted by Crippen LogP contribution is -2.20. The second-order valence-corrected chi connectivity index (χ2v) is 7.23. The number of hydrogen-bond acceptors (Lipinski definition) is 3. The number of aromatic carboxylic acids is 1. The van der Waals surface area contributed by atoms with E-state index in [4.69, 9.17) is 4.74 Å². The highest BCUT2D eigenvalue weighted by Crippen LogP contribution is 2.27. The van der Waals surface area contributed by atoms with Crippen LogP contribution in [0.1, 0.15) is 21.5 Å². The van der Waals surface area contributed by atoms with Gasteiger partial charge in [0.05, 0.1) is 19.2 Å². The Labute approximate surface area is 173 Å². The zero-order valence-electron chi connectivity index (χ0n) is 16.8. The quantitative estimate of drug-likeness (QED) is 0.527. The maximum absolute atomic E-state index is 13.0. The van der Waals surface area contributed by atoms with Gasteiger partial charge in [0.15, 0.2) is 0 Å². The third-order valence-electron chi connectivity index (χ3n) is 5.28. The molecule has 1 heterocycles. The highest BCUT2D eigenvalue weighted by Gasteiger charge is 2.10. The average molecular weight is 399 g/mol. The highest BCUT2D eigenvalue weighted by atomic mass is 16.5. The van der Waals surface area contributed by atoms with Crippen LogP contribution in [0.5, 0.6) is 5.75 Å². The minimum atomic E-state index is -0.960.